The van der Waals surface area contributed by atoms with Crippen molar-refractivity contribution in [2.75, 3.05) is 39.4 Å². The van der Waals surface area contributed by atoms with E-state index in [-0.39, 0.29) is 18.2 Å². The van der Waals surface area contributed by atoms with Crippen LogP contribution < -0.4 is 5.32 Å². The molecule has 6 heteroatoms. The summed E-state index contributed by atoms with van der Waals surface area (Å²) in [4.78, 5) is 2.25. The number of nitrogens with zero attached hydrogens (tertiary/aromatic N) is 3. The number of hydrogen-bond donors (Lipinski definition) is 2. The molecule has 1 aliphatic heterocycles. The molecule has 1 saturated heterocycles. The van der Waals surface area contributed by atoms with Crippen molar-refractivity contribution in [3.63, 3.8) is 0 Å². The number of β-amino-alcohol motifs (C(OH)–C–C–N with tert-alkyl or cyclic N) is 1. The number of aliphatic hydroxyl groups excluding tert-OH is 1. The molecule has 0 amide bonds. The van der Waals surface area contributed by atoms with Gasteiger partial charge in [-0.2, -0.15) is 5.10 Å². The van der Waals surface area contributed by atoms with Crippen LogP contribution >= 0.6 is 0 Å². The highest BCUT2D eigenvalue weighted by molar-refractivity contribution is 5.00. The van der Waals surface area contributed by atoms with Gasteiger partial charge in [0.1, 0.15) is 0 Å². The summed E-state index contributed by atoms with van der Waals surface area (Å²) in [6.45, 7) is 11.0. The minimum Gasteiger partial charge on any atom is -0.390 e. The van der Waals surface area contributed by atoms with Gasteiger partial charge in [-0.25, -0.2) is 0 Å². The molecule has 0 aromatic carbocycles. The number of aromatic nitrogens is 2. The lowest BCUT2D eigenvalue weighted by Gasteiger charge is -2.29. The van der Waals surface area contributed by atoms with E-state index in [1.165, 1.54) is 5.56 Å². The third-order valence-electron chi connectivity index (χ3n) is 4.12. The molecule has 21 heavy (non-hydrogen) atoms. The third-order valence-corrected chi connectivity index (χ3v) is 4.12. The van der Waals surface area contributed by atoms with Gasteiger partial charge in [0.05, 0.1) is 31.6 Å². The van der Waals surface area contributed by atoms with Crippen molar-refractivity contribution >= 4 is 0 Å². The van der Waals surface area contributed by atoms with E-state index < -0.39 is 0 Å². The van der Waals surface area contributed by atoms with Crippen LogP contribution in [0.15, 0.2) is 12.4 Å². The number of aryl methyl sites for hydroxylation is 1. The summed E-state index contributed by atoms with van der Waals surface area (Å²) in [5, 5.41) is 17.9. The van der Waals surface area contributed by atoms with Gasteiger partial charge in [-0.3, -0.25) is 9.58 Å². The molecule has 0 aliphatic carbocycles. The molecule has 0 bridgehead atoms. The van der Waals surface area contributed by atoms with Crippen LogP contribution in [0.5, 0.6) is 0 Å². The maximum Gasteiger partial charge on any atom is 0.0791 e. The van der Waals surface area contributed by atoms with Gasteiger partial charge in [-0.15, -0.1) is 0 Å². The Balaban J connectivity index is 1.71. The molecule has 0 unspecified atom stereocenters. The Bertz CT molecular complexity index is 418. The fraction of sp³-hybridized carbons (Fsp3) is 0.800. The molecule has 2 heterocycles. The fourth-order valence-corrected chi connectivity index (χ4v) is 2.52. The summed E-state index contributed by atoms with van der Waals surface area (Å²) in [7, 11) is 0. The van der Waals surface area contributed by atoms with Crippen LogP contribution in [0.2, 0.25) is 0 Å². The maximum atomic E-state index is 10.1. The van der Waals surface area contributed by atoms with Crippen LogP contribution in [-0.2, 0) is 4.74 Å². The van der Waals surface area contributed by atoms with Crippen LogP contribution in [0.4, 0.5) is 0 Å². The smallest absolute Gasteiger partial charge is 0.0791 e. The first-order chi connectivity index (χ1) is 10.1. The van der Waals surface area contributed by atoms with Crippen molar-refractivity contribution in [1.29, 1.82) is 0 Å². The highest BCUT2D eigenvalue weighted by atomic mass is 16.5. The number of morpholine rings is 1. The van der Waals surface area contributed by atoms with E-state index >= 15 is 0 Å². The second kappa shape index (κ2) is 7.89. The Labute approximate surface area is 127 Å². The summed E-state index contributed by atoms with van der Waals surface area (Å²) < 4.78 is 7.29. The first-order valence-electron chi connectivity index (χ1n) is 7.78. The predicted molar refractivity (Wildman–Crippen MR) is 82.4 cm³/mol. The minimum atomic E-state index is -0.350. The van der Waals surface area contributed by atoms with E-state index in [9.17, 15) is 5.11 Å². The monoisotopic (exact) mass is 296 g/mol. The molecular formula is C15H28N4O2. The topological polar surface area (TPSA) is 62.5 Å². The molecule has 1 fully saturated rings. The van der Waals surface area contributed by atoms with Gasteiger partial charge in [-0.05, 0) is 26.3 Å². The molecule has 0 spiro atoms. The van der Waals surface area contributed by atoms with Gasteiger partial charge in [0.2, 0.25) is 0 Å². The lowest BCUT2D eigenvalue weighted by atomic mass is 10.1. The predicted octanol–water partition coefficient (Wildman–Crippen LogP) is 0.424. The minimum absolute atomic E-state index is 0.253. The van der Waals surface area contributed by atoms with Gasteiger partial charge in [0.15, 0.2) is 0 Å². The lowest BCUT2D eigenvalue weighted by molar-refractivity contribution is 0.0143. The van der Waals surface area contributed by atoms with Gasteiger partial charge < -0.3 is 15.2 Å². The number of aliphatic hydroxyl groups is 1. The number of rotatable bonds is 7. The summed E-state index contributed by atoms with van der Waals surface area (Å²) >= 11 is 0. The fourth-order valence-electron chi connectivity index (χ4n) is 2.52. The van der Waals surface area contributed by atoms with E-state index in [0.717, 1.165) is 26.3 Å². The first kappa shape index (κ1) is 16.4. The zero-order chi connectivity index (χ0) is 15.2. The van der Waals surface area contributed by atoms with Crippen LogP contribution in [0.3, 0.4) is 0 Å². The van der Waals surface area contributed by atoms with E-state index in [0.29, 0.717) is 13.1 Å². The van der Waals surface area contributed by atoms with Crippen LogP contribution in [-0.4, -0.2) is 71.3 Å². The normalized spacial score (nSPS) is 21.1. The van der Waals surface area contributed by atoms with E-state index in [4.69, 9.17) is 4.74 Å². The third kappa shape index (κ3) is 5.07. The molecular weight excluding hydrogens is 268 g/mol. The first-order valence-corrected chi connectivity index (χ1v) is 7.78. The Morgan fingerprint density at radius 2 is 2.10 bits per heavy atom. The Hall–Kier alpha value is -0.950. The van der Waals surface area contributed by atoms with Crippen molar-refractivity contribution in [2.45, 2.75) is 39.0 Å². The summed E-state index contributed by atoms with van der Waals surface area (Å²) in [6.07, 6.45) is 3.57. The Kier molecular flexibility index (Phi) is 6.17. The van der Waals surface area contributed by atoms with E-state index in [2.05, 4.69) is 29.2 Å². The summed E-state index contributed by atoms with van der Waals surface area (Å²) in [5.74, 6) is 0. The van der Waals surface area contributed by atoms with Crippen LogP contribution in [0.25, 0.3) is 0 Å². The molecule has 1 aliphatic rings. The SMILES string of the molecule is Cc1cnn([C@H](C)[C@H](C)NC[C@H](O)CN2CCOCC2)c1. The second-order valence-corrected chi connectivity index (χ2v) is 6.00. The lowest BCUT2D eigenvalue weighted by Crippen LogP contribution is -2.46. The summed E-state index contributed by atoms with van der Waals surface area (Å²) in [6, 6.07) is 0.512. The quantitative estimate of drug-likeness (QED) is 0.764. The molecule has 0 saturated carbocycles. The number of ether oxygens (including phenoxy) is 1. The van der Waals surface area contributed by atoms with Crippen LogP contribution in [0.1, 0.15) is 25.5 Å². The zero-order valence-electron chi connectivity index (χ0n) is 13.3. The van der Waals surface area contributed by atoms with E-state index in [1.54, 1.807) is 0 Å². The van der Waals surface area contributed by atoms with E-state index in [1.807, 2.05) is 24.0 Å². The van der Waals surface area contributed by atoms with Crippen molar-refractivity contribution in [1.82, 2.24) is 20.0 Å². The molecule has 1 aromatic heterocycles. The summed E-state index contributed by atoms with van der Waals surface area (Å²) in [5.41, 5.74) is 1.17. The molecule has 120 valence electrons. The second-order valence-electron chi connectivity index (χ2n) is 6.00. The Morgan fingerprint density at radius 3 is 2.71 bits per heavy atom. The molecule has 1 aromatic rings. The average molecular weight is 296 g/mol. The van der Waals surface area contributed by atoms with Crippen molar-refractivity contribution < 1.29 is 9.84 Å². The van der Waals surface area contributed by atoms with Crippen LogP contribution in [0, 0.1) is 6.92 Å². The standard InChI is InChI=1S/C15H28N4O2/c1-12-8-17-19(10-12)14(3)13(2)16-9-15(20)11-18-4-6-21-7-5-18/h8,10,13-16,20H,4-7,9,11H2,1-3H3/t13-,14+,15-/m0/s1. The molecule has 3 atom stereocenters. The molecule has 0 radical (unpaired) electrons. The van der Waals surface area contributed by atoms with Crippen molar-refractivity contribution in [2.24, 2.45) is 0 Å². The molecule has 2 rings (SSSR count). The zero-order valence-corrected chi connectivity index (χ0v) is 13.3. The average Bonchev–Trinajstić information content (AvgIpc) is 2.91. The van der Waals surface area contributed by atoms with Crippen molar-refractivity contribution in [3.8, 4) is 0 Å². The van der Waals surface area contributed by atoms with Crippen molar-refractivity contribution in [3.05, 3.63) is 18.0 Å². The number of nitrogens with one attached hydrogen (secondary N) is 1. The van der Waals surface area contributed by atoms with Gasteiger partial charge >= 0.3 is 0 Å². The van der Waals surface area contributed by atoms with Gasteiger partial charge in [0.25, 0.3) is 0 Å². The molecule has 2 N–H and O–H groups in total. The highest BCUT2D eigenvalue weighted by Crippen LogP contribution is 2.10. The van der Waals surface area contributed by atoms with Gasteiger partial charge in [-0.1, -0.05) is 0 Å². The molecule has 6 nitrogen and oxygen atoms in total. The highest BCUT2D eigenvalue weighted by Gasteiger charge is 2.18. The van der Waals surface area contributed by atoms with Gasteiger partial charge in [0, 0.05) is 38.4 Å². The maximum absolute atomic E-state index is 10.1. The number of hydrogen-bond acceptors (Lipinski definition) is 5. The Morgan fingerprint density at radius 1 is 1.38 bits per heavy atom. The largest absolute Gasteiger partial charge is 0.390 e.